The van der Waals surface area contributed by atoms with Crippen molar-refractivity contribution in [1.82, 2.24) is 10.6 Å². The highest BCUT2D eigenvalue weighted by Gasteiger charge is 2.24. The summed E-state index contributed by atoms with van der Waals surface area (Å²) in [5.74, 6) is 1.70. The van der Waals surface area contributed by atoms with E-state index >= 15 is 0 Å². The first-order valence-electron chi connectivity index (χ1n) is 8.79. The number of halogens is 1. The number of aliphatic imine (C=N–C) groups is 1. The smallest absolute Gasteiger partial charge is 0.191 e. The Labute approximate surface area is 163 Å². The molecule has 0 bridgehead atoms. The molecule has 1 saturated heterocycles. The van der Waals surface area contributed by atoms with Crippen LogP contribution in [0.3, 0.4) is 0 Å². The summed E-state index contributed by atoms with van der Waals surface area (Å²) in [5, 5.41) is 6.92. The van der Waals surface area contributed by atoms with Crippen LogP contribution in [0.1, 0.15) is 12.0 Å². The van der Waals surface area contributed by atoms with Crippen molar-refractivity contribution >= 4 is 27.6 Å². The molecule has 0 saturated carbocycles. The van der Waals surface area contributed by atoms with E-state index in [1.165, 1.54) is 11.3 Å². The highest BCUT2D eigenvalue weighted by molar-refractivity contribution is 9.10. The van der Waals surface area contributed by atoms with Gasteiger partial charge in [0.25, 0.3) is 0 Å². The molecule has 26 heavy (non-hydrogen) atoms. The Kier molecular flexibility index (Phi) is 6.39. The first-order valence-corrected chi connectivity index (χ1v) is 9.58. The topological polar surface area (TPSA) is 48.9 Å². The zero-order valence-corrected chi connectivity index (χ0v) is 16.8. The van der Waals surface area contributed by atoms with E-state index in [1.807, 2.05) is 25.2 Å². The minimum atomic E-state index is 0.379. The van der Waals surface area contributed by atoms with E-state index in [0.717, 1.165) is 42.2 Å². The van der Waals surface area contributed by atoms with Crippen LogP contribution in [-0.4, -0.2) is 39.2 Å². The number of hydrogen-bond acceptors (Lipinski definition) is 3. The highest BCUT2D eigenvalue weighted by atomic mass is 79.9. The van der Waals surface area contributed by atoms with Crippen molar-refractivity contribution in [2.45, 2.75) is 19.0 Å². The van der Waals surface area contributed by atoms with Crippen LogP contribution in [0.5, 0.6) is 5.75 Å². The number of nitrogens with zero attached hydrogens (tertiary/aromatic N) is 2. The number of nitrogens with one attached hydrogen (secondary N) is 2. The number of hydrogen-bond donors (Lipinski definition) is 2. The number of para-hydroxylation sites is 1. The molecular formula is C20H25BrN4O. The van der Waals surface area contributed by atoms with Gasteiger partial charge in [0.2, 0.25) is 0 Å². The molecule has 1 atom stereocenters. The van der Waals surface area contributed by atoms with Crippen molar-refractivity contribution in [2.75, 3.05) is 32.1 Å². The number of ether oxygens (including phenoxy) is 1. The molecule has 0 aliphatic carbocycles. The summed E-state index contributed by atoms with van der Waals surface area (Å²) in [6, 6.07) is 16.8. The van der Waals surface area contributed by atoms with Crippen LogP contribution in [0.25, 0.3) is 0 Å². The van der Waals surface area contributed by atoms with Gasteiger partial charge in [-0.1, -0.05) is 24.3 Å². The second kappa shape index (κ2) is 8.94. The zero-order valence-electron chi connectivity index (χ0n) is 15.2. The lowest BCUT2D eigenvalue weighted by Gasteiger charge is -2.21. The largest absolute Gasteiger partial charge is 0.497 e. The molecule has 1 heterocycles. The Bertz CT molecular complexity index is 748. The van der Waals surface area contributed by atoms with Gasteiger partial charge in [-0.15, -0.1) is 0 Å². The lowest BCUT2D eigenvalue weighted by molar-refractivity contribution is 0.414. The van der Waals surface area contributed by atoms with Gasteiger partial charge in [-0.3, -0.25) is 4.99 Å². The van der Waals surface area contributed by atoms with Gasteiger partial charge >= 0.3 is 0 Å². The second-order valence-corrected chi connectivity index (χ2v) is 7.16. The Hall–Kier alpha value is -2.21. The summed E-state index contributed by atoms with van der Waals surface area (Å²) in [7, 11) is 3.49. The molecule has 1 aliphatic heterocycles. The van der Waals surface area contributed by atoms with Crippen molar-refractivity contribution in [2.24, 2.45) is 4.99 Å². The Morgan fingerprint density at radius 3 is 2.69 bits per heavy atom. The van der Waals surface area contributed by atoms with Crippen molar-refractivity contribution in [1.29, 1.82) is 0 Å². The van der Waals surface area contributed by atoms with Gasteiger partial charge in [-0.25, -0.2) is 0 Å². The third-order valence-corrected chi connectivity index (χ3v) is 5.24. The molecule has 1 aliphatic rings. The highest BCUT2D eigenvalue weighted by Crippen LogP contribution is 2.28. The summed E-state index contributed by atoms with van der Waals surface area (Å²) < 4.78 is 6.34. The SMILES string of the molecule is CN=C(NCc1ccc(OC)cc1)NC1CCN(c2ccccc2Br)C1. The average molecular weight is 417 g/mol. The van der Waals surface area contributed by atoms with Crippen LogP contribution in [0.4, 0.5) is 5.69 Å². The van der Waals surface area contributed by atoms with Crippen molar-refractivity contribution in [3.8, 4) is 5.75 Å². The minimum Gasteiger partial charge on any atom is -0.497 e. The molecule has 2 N–H and O–H groups in total. The standard InChI is InChI=1S/C20H25BrN4O/c1-22-20(23-13-15-7-9-17(26-2)10-8-15)24-16-11-12-25(14-16)19-6-4-3-5-18(19)21/h3-10,16H,11-14H2,1-2H3,(H2,22,23,24). The normalized spacial score (nSPS) is 17.3. The zero-order chi connectivity index (χ0) is 18.4. The molecule has 0 aromatic heterocycles. The summed E-state index contributed by atoms with van der Waals surface area (Å²) in [6.45, 7) is 2.73. The van der Waals surface area contributed by atoms with Crippen molar-refractivity contribution < 1.29 is 4.74 Å². The van der Waals surface area contributed by atoms with E-state index in [1.54, 1.807) is 7.11 Å². The average Bonchev–Trinajstić information content (AvgIpc) is 3.14. The maximum absolute atomic E-state index is 5.20. The Morgan fingerprint density at radius 2 is 2.00 bits per heavy atom. The predicted molar refractivity (Wildman–Crippen MR) is 111 cm³/mol. The molecule has 0 spiro atoms. The molecule has 1 fully saturated rings. The van der Waals surface area contributed by atoms with Crippen LogP contribution in [0.15, 0.2) is 58.0 Å². The monoisotopic (exact) mass is 416 g/mol. The first-order chi connectivity index (χ1) is 12.7. The number of benzene rings is 2. The van der Waals surface area contributed by atoms with E-state index in [2.05, 4.69) is 66.8 Å². The fourth-order valence-corrected chi connectivity index (χ4v) is 3.66. The molecule has 2 aromatic carbocycles. The maximum Gasteiger partial charge on any atom is 0.191 e. The van der Waals surface area contributed by atoms with Gasteiger partial charge in [0.15, 0.2) is 5.96 Å². The number of rotatable bonds is 5. The fraction of sp³-hybridized carbons (Fsp3) is 0.350. The summed E-state index contributed by atoms with van der Waals surface area (Å²) in [6.07, 6.45) is 1.09. The summed E-state index contributed by atoms with van der Waals surface area (Å²) >= 11 is 3.64. The van der Waals surface area contributed by atoms with Crippen LogP contribution in [0.2, 0.25) is 0 Å². The van der Waals surface area contributed by atoms with E-state index in [0.29, 0.717) is 6.04 Å². The maximum atomic E-state index is 5.20. The number of methoxy groups -OCH3 is 1. The lowest BCUT2D eigenvalue weighted by atomic mass is 10.2. The molecule has 1 unspecified atom stereocenters. The molecular weight excluding hydrogens is 392 g/mol. The van der Waals surface area contributed by atoms with Crippen molar-refractivity contribution in [3.63, 3.8) is 0 Å². The van der Waals surface area contributed by atoms with E-state index in [4.69, 9.17) is 4.74 Å². The van der Waals surface area contributed by atoms with Crippen molar-refractivity contribution in [3.05, 3.63) is 58.6 Å². The van der Waals surface area contributed by atoms with Gasteiger partial charge in [0.05, 0.1) is 12.8 Å². The Morgan fingerprint density at radius 1 is 1.23 bits per heavy atom. The fourth-order valence-electron chi connectivity index (χ4n) is 3.12. The molecule has 138 valence electrons. The van der Waals surface area contributed by atoms with E-state index in [-0.39, 0.29) is 0 Å². The van der Waals surface area contributed by atoms with Crippen LogP contribution in [0, 0.1) is 0 Å². The third-order valence-electron chi connectivity index (χ3n) is 4.56. The molecule has 0 radical (unpaired) electrons. The first kappa shape index (κ1) is 18.6. The lowest BCUT2D eigenvalue weighted by Crippen LogP contribution is -2.44. The number of guanidine groups is 1. The molecule has 3 rings (SSSR count). The van der Waals surface area contributed by atoms with Gasteiger partial charge in [-0.05, 0) is 52.2 Å². The summed E-state index contributed by atoms with van der Waals surface area (Å²) in [4.78, 5) is 6.76. The Balaban J connectivity index is 1.51. The minimum absolute atomic E-state index is 0.379. The molecule has 6 heteroatoms. The molecule has 5 nitrogen and oxygen atoms in total. The quantitative estimate of drug-likeness (QED) is 0.579. The van der Waals surface area contributed by atoms with E-state index in [9.17, 15) is 0 Å². The molecule has 0 amide bonds. The van der Waals surface area contributed by atoms with Crippen LogP contribution >= 0.6 is 15.9 Å². The van der Waals surface area contributed by atoms with Gasteiger partial charge in [-0.2, -0.15) is 0 Å². The predicted octanol–water partition coefficient (Wildman–Crippen LogP) is 3.40. The third kappa shape index (κ3) is 4.69. The van der Waals surface area contributed by atoms with Crippen LogP contribution < -0.4 is 20.3 Å². The summed E-state index contributed by atoms with van der Waals surface area (Å²) in [5.41, 5.74) is 2.44. The van der Waals surface area contributed by atoms with Crippen LogP contribution in [-0.2, 0) is 6.54 Å². The molecule has 2 aromatic rings. The van der Waals surface area contributed by atoms with Gasteiger partial charge < -0.3 is 20.3 Å². The van der Waals surface area contributed by atoms with E-state index < -0.39 is 0 Å². The van der Waals surface area contributed by atoms with Gasteiger partial charge in [0.1, 0.15) is 5.75 Å². The van der Waals surface area contributed by atoms with Gasteiger partial charge in [0, 0.05) is 37.2 Å². The number of anilines is 1. The second-order valence-electron chi connectivity index (χ2n) is 6.30.